The van der Waals surface area contributed by atoms with E-state index in [-0.39, 0.29) is 24.0 Å². The molecule has 1 aliphatic rings. The smallest absolute Gasteiger partial charge is 0.224 e. The fourth-order valence-electron chi connectivity index (χ4n) is 3.99. The number of nitrogens with one attached hydrogen (secondary N) is 3. The standard InChI is InChI=1S/C29H29N5O4S/c1-37-21-14-20(15-22(17-21)38-2)31-28-29(33-25-9-4-3-8-24(25)32-28)34-39-23-7-5-6-19(16-23)30-27(36)13-12-26(35)18-10-11-18/h3-9,14-18H,10-13H2,1-2H3,(H,30,36)(H,31,32)(H,33,34). The number of ether oxygens (including phenoxy) is 2. The van der Waals surface area contributed by atoms with Gasteiger partial charge in [-0.15, -0.1) is 0 Å². The molecule has 0 spiro atoms. The molecule has 200 valence electrons. The average molecular weight is 544 g/mol. The molecule has 3 aromatic carbocycles. The van der Waals surface area contributed by atoms with Gasteiger partial charge < -0.3 is 24.8 Å². The Balaban J connectivity index is 1.31. The van der Waals surface area contributed by atoms with Crippen molar-refractivity contribution < 1.29 is 19.1 Å². The van der Waals surface area contributed by atoms with Crippen LogP contribution in [0, 0.1) is 5.92 Å². The number of amides is 1. The quantitative estimate of drug-likeness (QED) is 0.179. The van der Waals surface area contributed by atoms with Crippen LogP contribution in [-0.2, 0) is 9.59 Å². The summed E-state index contributed by atoms with van der Waals surface area (Å²) in [6.07, 6.45) is 2.41. The van der Waals surface area contributed by atoms with Crippen LogP contribution in [0.25, 0.3) is 11.0 Å². The van der Waals surface area contributed by atoms with Crippen LogP contribution in [0.4, 0.5) is 23.0 Å². The number of ketones is 1. The Morgan fingerprint density at radius 3 is 2.21 bits per heavy atom. The third kappa shape index (κ3) is 6.97. The molecule has 0 aliphatic heterocycles. The maximum Gasteiger partial charge on any atom is 0.224 e. The van der Waals surface area contributed by atoms with E-state index >= 15 is 0 Å². The maximum absolute atomic E-state index is 12.4. The number of nitrogens with zero attached hydrogens (tertiary/aromatic N) is 2. The van der Waals surface area contributed by atoms with Crippen molar-refractivity contribution in [3.63, 3.8) is 0 Å². The van der Waals surface area contributed by atoms with E-state index < -0.39 is 0 Å². The molecule has 1 fully saturated rings. The van der Waals surface area contributed by atoms with Gasteiger partial charge in [0, 0.05) is 53.2 Å². The number of hydrogen-bond acceptors (Lipinski definition) is 9. The highest BCUT2D eigenvalue weighted by Gasteiger charge is 2.29. The monoisotopic (exact) mass is 543 g/mol. The molecule has 1 amide bonds. The van der Waals surface area contributed by atoms with E-state index in [1.165, 1.54) is 11.9 Å². The van der Waals surface area contributed by atoms with Crippen molar-refractivity contribution in [2.24, 2.45) is 5.92 Å². The molecule has 0 bridgehead atoms. The third-order valence-corrected chi connectivity index (χ3v) is 6.98. The normalized spacial score (nSPS) is 12.6. The van der Waals surface area contributed by atoms with E-state index in [9.17, 15) is 9.59 Å². The van der Waals surface area contributed by atoms with Gasteiger partial charge in [0.2, 0.25) is 5.91 Å². The second-order valence-electron chi connectivity index (χ2n) is 9.16. The Hall–Kier alpha value is -4.31. The van der Waals surface area contributed by atoms with Crippen LogP contribution < -0.4 is 24.8 Å². The largest absolute Gasteiger partial charge is 0.497 e. The fraction of sp³-hybridized carbons (Fsp3) is 0.241. The molecule has 1 saturated carbocycles. The van der Waals surface area contributed by atoms with Gasteiger partial charge in [-0.1, -0.05) is 18.2 Å². The summed E-state index contributed by atoms with van der Waals surface area (Å²) in [5.74, 6) is 2.55. The lowest BCUT2D eigenvalue weighted by Crippen LogP contribution is -2.14. The predicted molar refractivity (Wildman–Crippen MR) is 154 cm³/mol. The van der Waals surface area contributed by atoms with Crippen LogP contribution in [0.2, 0.25) is 0 Å². The molecule has 0 unspecified atom stereocenters. The lowest BCUT2D eigenvalue weighted by Gasteiger charge is -2.15. The minimum absolute atomic E-state index is 0.167. The highest BCUT2D eigenvalue weighted by atomic mass is 32.2. The zero-order chi connectivity index (χ0) is 27.2. The first-order chi connectivity index (χ1) is 19.0. The van der Waals surface area contributed by atoms with Crippen molar-refractivity contribution in [1.82, 2.24) is 9.97 Å². The molecule has 1 aliphatic carbocycles. The second-order valence-corrected chi connectivity index (χ2v) is 10.0. The van der Waals surface area contributed by atoms with Crippen LogP contribution in [0.1, 0.15) is 25.7 Å². The lowest BCUT2D eigenvalue weighted by molar-refractivity contribution is -0.123. The molecule has 1 aromatic heterocycles. The van der Waals surface area contributed by atoms with Crippen molar-refractivity contribution in [2.75, 3.05) is 29.6 Å². The molecule has 5 rings (SSSR count). The highest BCUT2D eigenvalue weighted by molar-refractivity contribution is 8.00. The summed E-state index contributed by atoms with van der Waals surface area (Å²) < 4.78 is 14.1. The highest BCUT2D eigenvalue weighted by Crippen LogP contribution is 2.33. The van der Waals surface area contributed by atoms with E-state index in [0.29, 0.717) is 35.2 Å². The lowest BCUT2D eigenvalue weighted by atomic mass is 10.1. The van der Waals surface area contributed by atoms with E-state index in [4.69, 9.17) is 19.4 Å². The Kier molecular flexibility index (Phi) is 8.12. The summed E-state index contributed by atoms with van der Waals surface area (Å²) in [5.41, 5.74) is 2.89. The van der Waals surface area contributed by atoms with Crippen molar-refractivity contribution in [2.45, 2.75) is 30.6 Å². The molecule has 0 radical (unpaired) electrons. The second kappa shape index (κ2) is 12.0. The first-order valence-corrected chi connectivity index (χ1v) is 13.4. The van der Waals surface area contributed by atoms with Gasteiger partial charge in [-0.3, -0.25) is 9.59 Å². The Labute approximate surface area is 230 Å². The number of carbonyl (C=O) groups is 2. The van der Waals surface area contributed by atoms with E-state index in [1.807, 2.05) is 60.7 Å². The number of para-hydroxylation sites is 2. The van der Waals surface area contributed by atoms with Gasteiger partial charge in [-0.25, -0.2) is 9.97 Å². The first-order valence-electron chi connectivity index (χ1n) is 12.6. The molecule has 0 saturated heterocycles. The third-order valence-electron chi connectivity index (χ3n) is 6.20. The SMILES string of the molecule is COc1cc(Nc2nc3ccccc3nc2NSc2cccc(NC(=O)CCC(=O)C3CC3)c2)cc(OC)c1. The molecular weight excluding hydrogens is 514 g/mol. The van der Waals surface area contributed by atoms with Crippen LogP contribution >= 0.6 is 11.9 Å². The van der Waals surface area contributed by atoms with Gasteiger partial charge in [-0.05, 0) is 55.1 Å². The molecule has 1 heterocycles. The topological polar surface area (TPSA) is 114 Å². The number of benzene rings is 3. The van der Waals surface area contributed by atoms with Crippen molar-refractivity contribution in [3.05, 3.63) is 66.7 Å². The molecule has 0 atom stereocenters. The first kappa shape index (κ1) is 26.3. The number of methoxy groups -OCH3 is 2. The summed E-state index contributed by atoms with van der Waals surface area (Å²) in [5, 5.41) is 6.22. The minimum atomic E-state index is -0.167. The minimum Gasteiger partial charge on any atom is -0.497 e. The molecule has 4 aromatic rings. The molecule has 10 heteroatoms. The van der Waals surface area contributed by atoms with E-state index in [2.05, 4.69) is 15.4 Å². The van der Waals surface area contributed by atoms with Crippen molar-refractivity contribution >= 4 is 57.7 Å². The molecular formula is C29H29N5O4S. The van der Waals surface area contributed by atoms with Crippen LogP contribution in [0.3, 0.4) is 0 Å². The summed E-state index contributed by atoms with van der Waals surface area (Å²) in [6, 6.07) is 20.6. The summed E-state index contributed by atoms with van der Waals surface area (Å²) in [7, 11) is 3.20. The van der Waals surface area contributed by atoms with E-state index in [0.717, 1.165) is 34.5 Å². The zero-order valence-electron chi connectivity index (χ0n) is 21.7. The van der Waals surface area contributed by atoms with Gasteiger partial charge >= 0.3 is 0 Å². The Morgan fingerprint density at radius 1 is 0.846 bits per heavy atom. The summed E-state index contributed by atoms with van der Waals surface area (Å²) >= 11 is 1.35. The number of rotatable bonds is 12. The molecule has 3 N–H and O–H groups in total. The maximum atomic E-state index is 12.4. The van der Waals surface area contributed by atoms with E-state index in [1.54, 1.807) is 20.3 Å². The summed E-state index contributed by atoms with van der Waals surface area (Å²) in [4.78, 5) is 34.7. The van der Waals surface area contributed by atoms with Gasteiger partial charge in [0.15, 0.2) is 11.6 Å². The Morgan fingerprint density at radius 2 is 1.54 bits per heavy atom. The fourth-order valence-corrected chi connectivity index (χ4v) is 4.68. The number of fused-ring (bicyclic) bond motifs is 1. The number of anilines is 4. The van der Waals surface area contributed by atoms with Gasteiger partial charge in [-0.2, -0.15) is 0 Å². The van der Waals surface area contributed by atoms with Crippen molar-refractivity contribution in [1.29, 1.82) is 0 Å². The van der Waals surface area contributed by atoms with Crippen LogP contribution in [-0.4, -0.2) is 35.9 Å². The number of aromatic nitrogens is 2. The zero-order valence-corrected chi connectivity index (χ0v) is 22.5. The predicted octanol–water partition coefficient (Wildman–Crippen LogP) is 6.21. The average Bonchev–Trinajstić information content (AvgIpc) is 3.80. The Bertz CT molecular complexity index is 1490. The molecule has 9 nitrogen and oxygen atoms in total. The van der Waals surface area contributed by atoms with Crippen LogP contribution in [0.15, 0.2) is 71.6 Å². The van der Waals surface area contributed by atoms with Crippen molar-refractivity contribution in [3.8, 4) is 11.5 Å². The van der Waals surface area contributed by atoms with Gasteiger partial charge in [0.05, 0.1) is 25.3 Å². The summed E-state index contributed by atoms with van der Waals surface area (Å²) in [6.45, 7) is 0. The van der Waals surface area contributed by atoms with Gasteiger partial charge in [0.1, 0.15) is 17.3 Å². The number of Topliss-reactive ketones (excluding diaryl/α,β-unsaturated/α-hetero) is 1. The van der Waals surface area contributed by atoms with Crippen LogP contribution in [0.5, 0.6) is 11.5 Å². The van der Waals surface area contributed by atoms with Gasteiger partial charge in [0.25, 0.3) is 0 Å². The number of hydrogen-bond donors (Lipinski definition) is 3. The molecule has 39 heavy (non-hydrogen) atoms. The number of carbonyl (C=O) groups excluding carboxylic acids is 2.